The quantitative estimate of drug-likeness (QED) is 0.531. The summed E-state index contributed by atoms with van der Waals surface area (Å²) < 4.78 is 1.65. The number of likely N-dealkylation sites (N-methyl/N-ethyl adjacent to an activating group) is 1. The number of aliphatic hydroxyl groups excluding tert-OH is 1. The molecule has 156 valence electrons. The Balaban J connectivity index is 1.49. The van der Waals surface area contributed by atoms with Crippen molar-refractivity contribution in [2.75, 3.05) is 30.8 Å². The van der Waals surface area contributed by atoms with Gasteiger partial charge in [-0.3, -0.25) is 9.48 Å². The Hall–Kier alpha value is -3.17. The fourth-order valence-electron chi connectivity index (χ4n) is 3.36. The molecule has 0 radical (unpaired) electrons. The molecule has 0 saturated carbocycles. The van der Waals surface area contributed by atoms with Crippen LogP contribution in [0.1, 0.15) is 24.1 Å². The fraction of sp³-hybridized carbons (Fsp3) is 0.300. The van der Waals surface area contributed by atoms with Gasteiger partial charge in [0.25, 0.3) is 0 Å². The molecule has 0 bridgehead atoms. The smallest absolute Gasteiger partial charge is 0.247 e. The lowest BCUT2D eigenvalue weighted by Gasteiger charge is -2.18. The number of hydrogen-bond acceptors (Lipinski definition) is 7. The normalized spacial score (nSPS) is 17.2. The summed E-state index contributed by atoms with van der Waals surface area (Å²) in [5.74, 6) is 0.771. The Morgan fingerprint density at radius 1 is 1.30 bits per heavy atom. The number of nitrogens with zero attached hydrogens (tertiary/aromatic N) is 5. The first-order valence-electron chi connectivity index (χ1n) is 9.56. The lowest BCUT2D eigenvalue weighted by Crippen LogP contribution is -2.24. The number of likely N-dealkylation sites (tertiary alicyclic amines) is 1. The molecular weight excluding hydrogens is 406 g/mol. The summed E-state index contributed by atoms with van der Waals surface area (Å²) in [4.78, 5) is 22.5. The molecular formula is C20H22ClN7O2. The Labute approximate surface area is 178 Å². The van der Waals surface area contributed by atoms with Crippen LogP contribution in [0.2, 0.25) is 5.02 Å². The Morgan fingerprint density at radius 2 is 2.10 bits per heavy atom. The van der Waals surface area contributed by atoms with Crippen molar-refractivity contribution in [2.45, 2.75) is 18.5 Å². The van der Waals surface area contributed by atoms with Gasteiger partial charge >= 0.3 is 0 Å². The highest BCUT2D eigenvalue weighted by Gasteiger charge is 2.31. The Morgan fingerprint density at radius 3 is 2.80 bits per heavy atom. The molecule has 1 saturated heterocycles. The molecule has 3 heterocycles. The lowest BCUT2D eigenvalue weighted by atomic mass is 10.1. The van der Waals surface area contributed by atoms with Gasteiger partial charge in [-0.1, -0.05) is 41.9 Å². The lowest BCUT2D eigenvalue weighted by molar-refractivity contribution is -0.129. The van der Waals surface area contributed by atoms with E-state index < -0.39 is 0 Å². The maximum absolute atomic E-state index is 12.2. The highest BCUT2D eigenvalue weighted by molar-refractivity contribution is 6.32. The Bertz CT molecular complexity index is 1030. The van der Waals surface area contributed by atoms with Crippen molar-refractivity contribution in [1.29, 1.82) is 0 Å². The number of carbonyl (C=O) groups is 1. The average Bonchev–Trinajstić information content (AvgIpc) is 3.35. The van der Waals surface area contributed by atoms with Gasteiger partial charge in [0, 0.05) is 19.8 Å². The van der Waals surface area contributed by atoms with Crippen molar-refractivity contribution >= 4 is 35.0 Å². The maximum atomic E-state index is 12.2. The summed E-state index contributed by atoms with van der Waals surface area (Å²) in [6, 6.07) is 8.90. The van der Waals surface area contributed by atoms with Crippen molar-refractivity contribution in [1.82, 2.24) is 24.6 Å². The number of benzene rings is 1. The third kappa shape index (κ3) is 4.22. The minimum atomic E-state index is -0.362. The van der Waals surface area contributed by atoms with E-state index in [2.05, 4.69) is 25.7 Å². The third-order valence-electron chi connectivity index (χ3n) is 5.02. The molecule has 1 amide bonds. The van der Waals surface area contributed by atoms with Gasteiger partial charge < -0.3 is 20.6 Å². The van der Waals surface area contributed by atoms with Crippen LogP contribution in [-0.4, -0.2) is 55.9 Å². The van der Waals surface area contributed by atoms with Crippen molar-refractivity contribution in [2.24, 2.45) is 0 Å². The first-order valence-corrected chi connectivity index (χ1v) is 9.94. The molecule has 9 nitrogen and oxygen atoms in total. The topological polar surface area (TPSA) is 108 Å². The van der Waals surface area contributed by atoms with Crippen molar-refractivity contribution in [3.8, 4) is 0 Å². The number of rotatable bonds is 7. The van der Waals surface area contributed by atoms with Crippen LogP contribution in [0, 0.1) is 0 Å². The summed E-state index contributed by atoms with van der Waals surface area (Å²) >= 11 is 6.25. The zero-order chi connectivity index (χ0) is 21.1. The van der Waals surface area contributed by atoms with E-state index in [0.29, 0.717) is 22.5 Å². The molecule has 1 aromatic carbocycles. The number of hydrogen-bond donors (Lipinski definition) is 3. The van der Waals surface area contributed by atoms with Gasteiger partial charge in [0.1, 0.15) is 11.1 Å². The van der Waals surface area contributed by atoms with E-state index in [4.69, 9.17) is 11.6 Å². The number of aliphatic hydroxyl groups is 1. The summed E-state index contributed by atoms with van der Waals surface area (Å²) in [7, 11) is 1.79. The summed E-state index contributed by atoms with van der Waals surface area (Å²) in [6.07, 6.45) is 5.59. The second-order valence-electron chi connectivity index (χ2n) is 7.08. The van der Waals surface area contributed by atoms with Gasteiger partial charge in [0.05, 0.1) is 30.7 Å². The van der Waals surface area contributed by atoms with Crippen LogP contribution in [0.15, 0.2) is 48.9 Å². The van der Waals surface area contributed by atoms with Gasteiger partial charge in [-0.05, 0) is 12.0 Å². The molecule has 0 aliphatic carbocycles. The van der Waals surface area contributed by atoms with Gasteiger partial charge in [0.15, 0.2) is 5.82 Å². The van der Waals surface area contributed by atoms with Crippen LogP contribution in [-0.2, 0) is 4.79 Å². The van der Waals surface area contributed by atoms with Crippen molar-refractivity contribution in [3.05, 3.63) is 59.5 Å². The van der Waals surface area contributed by atoms with Crippen LogP contribution >= 0.6 is 11.6 Å². The number of amides is 1. The largest absolute Gasteiger partial charge is 0.394 e. The van der Waals surface area contributed by atoms with Gasteiger partial charge in [0.2, 0.25) is 11.9 Å². The van der Waals surface area contributed by atoms with Crippen LogP contribution < -0.4 is 10.6 Å². The molecule has 3 N–H and O–H groups in total. The second-order valence-corrected chi connectivity index (χ2v) is 7.49. The number of aromatic nitrogens is 4. The second kappa shape index (κ2) is 8.68. The van der Waals surface area contributed by atoms with Crippen molar-refractivity contribution < 1.29 is 9.90 Å². The molecule has 1 aliphatic heterocycles. The molecule has 0 spiro atoms. The van der Waals surface area contributed by atoms with Gasteiger partial charge in [-0.15, -0.1) is 0 Å². The monoisotopic (exact) mass is 427 g/mol. The first kappa shape index (κ1) is 20.1. The fourth-order valence-corrected chi connectivity index (χ4v) is 3.51. The zero-order valence-electron chi connectivity index (χ0n) is 16.4. The SMILES string of the molecule is CN1CCC(n2cc(Nc3ncc(Cl)c(NC(CO)c4ccccc4)n3)cn2)C1=O. The number of carbonyl (C=O) groups excluding carboxylic acids is 1. The third-order valence-corrected chi connectivity index (χ3v) is 5.29. The number of halogens is 1. The summed E-state index contributed by atoms with van der Waals surface area (Å²) in [5, 5.41) is 20.6. The van der Waals surface area contributed by atoms with E-state index in [1.807, 2.05) is 30.3 Å². The van der Waals surface area contributed by atoms with E-state index >= 15 is 0 Å². The highest BCUT2D eigenvalue weighted by Crippen LogP contribution is 2.27. The van der Waals surface area contributed by atoms with Crippen LogP contribution in [0.4, 0.5) is 17.5 Å². The minimum absolute atomic E-state index is 0.0508. The van der Waals surface area contributed by atoms with E-state index in [0.717, 1.165) is 18.5 Å². The van der Waals surface area contributed by atoms with Gasteiger partial charge in [-0.2, -0.15) is 10.1 Å². The molecule has 1 fully saturated rings. The average molecular weight is 428 g/mol. The summed E-state index contributed by atoms with van der Waals surface area (Å²) in [5.41, 5.74) is 1.57. The summed E-state index contributed by atoms with van der Waals surface area (Å²) in [6.45, 7) is 0.596. The molecule has 3 aromatic rings. The van der Waals surface area contributed by atoms with Gasteiger partial charge in [-0.25, -0.2) is 4.98 Å². The number of anilines is 3. The van der Waals surface area contributed by atoms with E-state index in [1.54, 1.807) is 29.0 Å². The first-order chi connectivity index (χ1) is 14.5. The molecule has 2 unspecified atom stereocenters. The molecule has 10 heteroatoms. The Kier molecular flexibility index (Phi) is 5.82. The highest BCUT2D eigenvalue weighted by atomic mass is 35.5. The predicted molar refractivity (Wildman–Crippen MR) is 114 cm³/mol. The van der Waals surface area contributed by atoms with E-state index in [1.165, 1.54) is 6.20 Å². The molecule has 2 aromatic heterocycles. The van der Waals surface area contributed by atoms with E-state index in [9.17, 15) is 9.90 Å². The molecule has 1 aliphatic rings. The van der Waals surface area contributed by atoms with Crippen LogP contribution in [0.25, 0.3) is 0 Å². The minimum Gasteiger partial charge on any atom is -0.394 e. The number of nitrogens with one attached hydrogen (secondary N) is 2. The van der Waals surface area contributed by atoms with Crippen LogP contribution in [0.5, 0.6) is 0 Å². The van der Waals surface area contributed by atoms with E-state index in [-0.39, 0.29) is 24.6 Å². The zero-order valence-corrected chi connectivity index (χ0v) is 17.1. The van der Waals surface area contributed by atoms with Crippen LogP contribution in [0.3, 0.4) is 0 Å². The van der Waals surface area contributed by atoms with Crippen molar-refractivity contribution in [3.63, 3.8) is 0 Å². The predicted octanol–water partition coefficient (Wildman–Crippen LogP) is 2.62. The molecule has 2 atom stereocenters. The maximum Gasteiger partial charge on any atom is 0.247 e. The standard InChI is InChI=1S/C20H22ClN7O2/c1-27-8-7-17(19(27)30)28-11-14(9-23-28)24-20-22-10-15(21)18(26-20)25-16(12-29)13-5-3-2-4-6-13/h2-6,9-11,16-17,29H,7-8,12H2,1H3,(H2,22,24,25,26). The molecule has 4 rings (SSSR count). The molecule has 30 heavy (non-hydrogen) atoms.